The molecule has 0 bridgehead atoms. The summed E-state index contributed by atoms with van der Waals surface area (Å²) in [6.45, 7) is 0. The number of hydrogen-bond donors (Lipinski definition) is 2. The quantitative estimate of drug-likeness (QED) is 0.410. The Hall–Kier alpha value is -0.670. The van der Waals surface area contributed by atoms with Gasteiger partial charge in [-0.15, -0.1) is 0 Å². The van der Waals surface area contributed by atoms with Crippen LogP contribution in [0.3, 0.4) is 0 Å². The molecule has 0 aliphatic carbocycles. The van der Waals surface area contributed by atoms with E-state index in [2.05, 4.69) is 28.3 Å². The maximum absolute atomic E-state index is 10.3. The van der Waals surface area contributed by atoms with Gasteiger partial charge in [0.15, 0.2) is 0 Å². The summed E-state index contributed by atoms with van der Waals surface area (Å²) in [6, 6.07) is 0. The maximum Gasteiger partial charge on any atom is 0.332 e. The van der Waals surface area contributed by atoms with Crippen LogP contribution in [0.1, 0.15) is 0 Å². The molecule has 0 amide bonds. The predicted molar refractivity (Wildman–Crippen MR) is 32.0 cm³/mol. The Kier molecular flexibility index (Phi) is 1.62. The number of tetrazole rings is 1. The fourth-order valence-electron chi connectivity index (χ4n) is 0.329. The van der Waals surface area contributed by atoms with Crippen molar-refractivity contribution < 1.29 is 13.0 Å². The Bertz CT molecular complexity index is 326. The van der Waals surface area contributed by atoms with E-state index >= 15 is 0 Å². The summed E-state index contributed by atoms with van der Waals surface area (Å²) >= 11 is 3.48. The van der Waals surface area contributed by atoms with E-state index in [0.717, 1.165) is 0 Å². The minimum Gasteiger partial charge on any atom is -0.279 e. The highest BCUT2D eigenvalue weighted by molar-refractivity contribution is 7.86. The van der Waals surface area contributed by atoms with Crippen LogP contribution >= 0.6 is 12.8 Å². The van der Waals surface area contributed by atoms with Crippen LogP contribution in [0.15, 0.2) is 5.16 Å². The van der Waals surface area contributed by atoms with E-state index in [-0.39, 0.29) is 0 Å². The number of hydrogen-bond acceptors (Lipinski definition) is 6. The van der Waals surface area contributed by atoms with Gasteiger partial charge in [-0.1, -0.05) is 5.10 Å². The van der Waals surface area contributed by atoms with Crippen LogP contribution in [0.25, 0.3) is 0 Å². The molecule has 1 aromatic heterocycles. The molecule has 56 valence electrons. The average molecular weight is 182 g/mol. The highest BCUT2D eigenvalue weighted by Gasteiger charge is 2.17. The molecule has 9 heteroatoms. The molecule has 1 aromatic rings. The van der Waals surface area contributed by atoms with Crippen molar-refractivity contribution in [3.05, 3.63) is 0 Å². The minimum atomic E-state index is -4.34. The third kappa shape index (κ3) is 1.25. The second-order valence-corrected chi connectivity index (χ2v) is 3.02. The molecule has 10 heavy (non-hydrogen) atoms. The zero-order chi connectivity index (χ0) is 7.78. The van der Waals surface area contributed by atoms with Gasteiger partial charge in [0.05, 0.1) is 0 Å². The molecule has 7 nitrogen and oxygen atoms in total. The first-order valence-corrected chi connectivity index (χ1v) is 3.81. The molecule has 0 atom stereocenters. The maximum atomic E-state index is 10.3. The molecule has 1 N–H and O–H groups in total. The number of rotatable bonds is 1. The van der Waals surface area contributed by atoms with Gasteiger partial charge in [0.25, 0.3) is 0 Å². The Morgan fingerprint density at radius 2 is 2.20 bits per heavy atom. The molecule has 1 heterocycles. The number of aromatic nitrogens is 4. The first-order valence-electron chi connectivity index (χ1n) is 1.97. The van der Waals surface area contributed by atoms with E-state index in [0.29, 0.717) is 4.09 Å². The molecule has 0 unspecified atom stereocenters. The van der Waals surface area contributed by atoms with Crippen molar-refractivity contribution in [2.75, 3.05) is 0 Å². The summed E-state index contributed by atoms with van der Waals surface area (Å²) in [5, 5.41) is 8.28. The van der Waals surface area contributed by atoms with E-state index < -0.39 is 15.3 Å². The summed E-state index contributed by atoms with van der Waals surface area (Å²) in [5.74, 6) is 0. The molecule has 0 aliphatic heterocycles. The van der Waals surface area contributed by atoms with Gasteiger partial charge in [0, 0.05) is 0 Å². The normalized spacial score (nSPS) is 11.8. The standard InChI is InChI=1S/CH2N4O3S2/c6-10(7,8)1-2-3-4-5(1)9/h9H,(H,6,7,8). The molecule has 0 radical (unpaired) electrons. The van der Waals surface area contributed by atoms with Crippen molar-refractivity contribution in [3.8, 4) is 0 Å². The van der Waals surface area contributed by atoms with E-state index in [1.165, 1.54) is 0 Å². The van der Waals surface area contributed by atoms with Crippen LogP contribution in [-0.4, -0.2) is 32.6 Å². The first-order chi connectivity index (χ1) is 4.52. The van der Waals surface area contributed by atoms with Gasteiger partial charge in [0.1, 0.15) is 0 Å². The minimum absolute atomic E-state index is 0.551. The molecular formula is CH2N4O3S2. The Labute approximate surface area is 61.3 Å². The fraction of sp³-hybridized carbons (Fsp3) is 0. The summed E-state index contributed by atoms with van der Waals surface area (Å²) < 4.78 is 29.4. The fourth-order valence-corrected chi connectivity index (χ4v) is 1.10. The molecular weight excluding hydrogens is 180 g/mol. The van der Waals surface area contributed by atoms with Gasteiger partial charge in [-0.3, -0.25) is 4.55 Å². The van der Waals surface area contributed by atoms with Gasteiger partial charge in [0.2, 0.25) is 0 Å². The summed E-state index contributed by atoms with van der Waals surface area (Å²) in [6.07, 6.45) is 0. The van der Waals surface area contributed by atoms with Gasteiger partial charge in [-0.2, -0.15) is 12.5 Å². The van der Waals surface area contributed by atoms with E-state index in [1.54, 1.807) is 0 Å². The second-order valence-electron chi connectivity index (χ2n) is 1.33. The molecule has 1 rings (SSSR count). The van der Waals surface area contributed by atoms with Crippen LogP contribution in [-0.2, 0) is 10.1 Å². The lowest BCUT2D eigenvalue weighted by Crippen LogP contribution is -2.04. The lowest BCUT2D eigenvalue weighted by molar-refractivity contribution is 0.473. The van der Waals surface area contributed by atoms with Crippen molar-refractivity contribution >= 4 is 22.9 Å². The van der Waals surface area contributed by atoms with Crippen molar-refractivity contribution in [3.63, 3.8) is 0 Å². The SMILES string of the molecule is O=S(=O)(O)c1nnnn1S. The lowest BCUT2D eigenvalue weighted by atomic mass is 11.4. The van der Waals surface area contributed by atoms with E-state index in [1.807, 2.05) is 0 Å². The topological polar surface area (TPSA) is 98.0 Å². The van der Waals surface area contributed by atoms with Crippen LogP contribution in [0.4, 0.5) is 0 Å². The highest BCUT2D eigenvalue weighted by Crippen LogP contribution is 2.00. The molecule has 0 saturated heterocycles. The van der Waals surface area contributed by atoms with Crippen molar-refractivity contribution in [1.29, 1.82) is 0 Å². The molecule has 0 aromatic carbocycles. The number of nitrogens with zero attached hydrogens (tertiary/aromatic N) is 4. The van der Waals surface area contributed by atoms with Gasteiger partial charge in [-0.25, -0.2) is 0 Å². The first kappa shape index (κ1) is 7.44. The largest absolute Gasteiger partial charge is 0.332 e. The molecule has 0 saturated carbocycles. The zero-order valence-corrected chi connectivity index (χ0v) is 6.12. The Balaban J connectivity index is 3.32. The number of thiol groups is 1. The Morgan fingerprint density at radius 1 is 1.60 bits per heavy atom. The lowest BCUT2D eigenvalue weighted by Gasteiger charge is -1.88. The van der Waals surface area contributed by atoms with Gasteiger partial charge < -0.3 is 0 Å². The molecule has 0 aliphatic rings. The van der Waals surface area contributed by atoms with Crippen LogP contribution in [0.2, 0.25) is 0 Å². The van der Waals surface area contributed by atoms with Gasteiger partial charge >= 0.3 is 15.3 Å². The Morgan fingerprint density at radius 3 is 2.40 bits per heavy atom. The third-order valence-electron chi connectivity index (χ3n) is 0.657. The zero-order valence-electron chi connectivity index (χ0n) is 4.41. The third-order valence-corrected chi connectivity index (χ3v) is 1.78. The summed E-state index contributed by atoms with van der Waals surface area (Å²) in [5.41, 5.74) is 0. The van der Waals surface area contributed by atoms with E-state index in [9.17, 15) is 8.42 Å². The molecule has 0 fully saturated rings. The van der Waals surface area contributed by atoms with Crippen LogP contribution < -0.4 is 0 Å². The predicted octanol–water partition coefficient (Wildman–Crippen LogP) is -1.39. The van der Waals surface area contributed by atoms with E-state index in [4.69, 9.17) is 4.55 Å². The highest BCUT2D eigenvalue weighted by atomic mass is 32.2. The smallest absolute Gasteiger partial charge is 0.279 e. The average Bonchev–Trinajstić information content (AvgIpc) is 2.11. The van der Waals surface area contributed by atoms with Crippen LogP contribution in [0, 0.1) is 0 Å². The van der Waals surface area contributed by atoms with Crippen molar-refractivity contribution in [2.24, 2.45) is 0 Å². The molecule has 0 spiro atoms. The summed E-state index contributed by atoms with van der Waals surface area (Å²) in [7, 11) is -4.34. The van der Waals surface area contributed by atoms with Gasteiger partial charge in [-0.05, 0) is 23.2 Å². The van der Waals surface area contributed by atoms with Crippen LogP contribution in [0.5, 0.6) is 0 Å². The summed E-state index contributed by atoms with van der Waals surface area (Å²) in [4.78, 5) is 0. The van der Waals surface area contributed by atoms with Crippen molar-refractivity contribution in [2.45, 2.75) is 5.16 Å². The monoisotopic (exact) mass is 182 g/mol. The van der Waals surface area contributed by atoms with Crippen molar-refractivity contribution in [1.82, 2.24) is 19.6 Å². The second kappa shape index (κ2) is 2.18.